The molecule has 1 aromatic carbocycles. The van der Waals surface area contributed by atoms with Gasteiger partial charge in [0, 0.05) is 18.9 Å². The van der Waals surface area contributed by atoms with Gasteiger partial charge in [0.15, 0.2) is 5.03 Å². The average Bonchev–Trinajstić information content (AvgIpc) is 2.80. The molecule has 0 saturated heterocycles. The largest absolute Gasteiger partial charge is 0.416 e. The molecular weight excluding hydrogens is 491 g/mol. The van der Waals surface area contributed by atoms with Crippen LogP contribution in [0.5, 0.6) is 0 Å². The van der Waals surface area contributed by atoms with Crippen molar-refractivity contribution >= 4 is 33.4 Å². The molecular formula is C21H20F3N5O5S. The molecule has 3 rings (SSSR count). The molecule has 0 bridgehead atoms. The maximum absolute atomic E-state index is 13.2. The zero-order valence-corrected chi connectivity index (χ0v) is 19.1. The van der Waals surface area contributed by atoms with Crippen LogP contribution in [0.15, 0.2) is 59.3 Å². The molecule has 10 nitrogen and oxygen atoms in total. The molecule has 2 unspecified atom stereocenters. The number of anilines is 1. The van der Waals surface area contributed by atoms with Crippen LogP contribution in [0.4, 0.5) is 18.9 Å². The molecule has 0 aliphatic carbocycles. The number of nitrogens with two attached hydrogens (primary N) is 1. The van der Waals surface area contributed by atoms with E-state index in [1.54, 1.807) is 0 Å². The highest BCUT2D eigenvalue weighted by atomic mass is 32.2. The van der Waals surface area contributed by atoms with Crippen LogP contribution in [0.1, 0.15) is 22.8 Å². The number of alkyl halides is 3. The van der Waals surface area contributed by atoms with Gasteiger partial charge >= 0.3 is 6.18 Å². The van der Waals surface area contributed by atoms with Gasteiger partial charge in [0.1, 0.15) is 5.57 Å². The predicted octanol–water partition coefficient (Wildman–Crippen LogP) is 0.954. The highest BCUT2D eigenvalue weighted by Gasteiger charge is 2.40. The number of hydrogen-bond acceptors (Lipinski definition) is 6. The van der Waals surface area contributed by atoms with Gasteiger partial charge in [-0.25, -0.2) is 18.1 Å². The van der Waals surface area contributed by atoms with Crippen LogP contribution in [0.3, 0.4) is 0 Å². The van der Waals surface area contributed by atoms with Crippen molar-refractivity contribution in [1.82, 2.24) is 15.0 Å². The molecule has 4 N–H and O–H groups in total. The second-order valence-electron chi connectivity index (χ2n) is 7.52. The van der Waals surface area contributed by atoms with Gasteiger partial charge in [-0.15, -0.1) is 0 Å². The minimum absolute atomic E-state index is 0.0295. The molecule has 2 aromatic rings. The standard InChI is InChI=1S/C21H20F3N5O5S/c1-11-16(28-35(33,34)17-7-6-12(10-27-17)18(25)30)9-15(19(31)26-2)20(32)29(11)14-5-3-4-13(8-14)21(22,23)24/h3-11,16,28H,1-2H3,(H2,25,30)(H,26,31)/i32+0. The third kappa shape index (κ3) is 5.33. The van der Waals surface area contributed by atoms with Crippen LogP contribution in [-0.4, -0.2) is 50.3 Å². The number of pyridine rings is 1. The third-order valence-electron chi connectivity index (χ3n) is 5.23. The van der Waals surface area contributed by atoms with E-state index >= 15 is 0 Å². The molecule has 1 aromatic heterocycles. The molecule has 0 radical (unpaired) electrons. The fraction of sp³-hybridized carbons (Fsp3) is 0.238. The van der Waals surface area contributed by atoms with E-state index in [4.69, 9.17) is 5.73 Å². The first kappa shape index (κ1) is 25.8. The third-order valence-corrected chi connectivity index (χ3v) is 6.61. The number of nitrogens with one attached hydrogen (secondary N) is 2. The van der Waals surface area contributed by atoms with Crippen molar-refractivity contribution in [3.63, 3.8) is 0 Å². The molecule has 35 heavy (non-hydrogen) atoms. The van der Waals surface area contributed by atoms with Crippen LogP contribution in [0.25, 0.3) is 0 Å². The minimum Gasteiger partial charge on any atom is -0.366 e. The van der Waals surface area contributed by atoms with Gasteiger partial charge in [-0.2, -0.15) is 13.2 Å². The number of hydrogen-bond donors (Lipinski definition) is 3. The number of nitrogens with zero attached hydrogens (tertiary/aromatic N) is 2. The molecule has 1 aliphatic rings. The van der Waals surface area contributed by atoms with Crippen LogP contribution >= 0.6 is 0 Å². The number of carbonyl (C=O) groups is 3. The van der Waals surface area contributed by atoms with Crippen LogP contribution in [0.2, 0.25) is 0 Å². The Hall–Kier alpha value is -3.78. The van der Waals surface area contributed by atoms with Crippen molar-refractivity contribution in [2.75, 3.05) is 11.9 Å². The lowest BCUT2D eigenvalue weighted by molar-refractivity contribution is -0.137. The summed E-state index contributed by atoms with van der Waals surface area (Å²) in [6.45, 7) is 1.41. The quantitative estimate of drug-likeness (QED) is 0.492. The van der Waals surface area contributed by atoms with Gasteiger partial charge in [-0.05, 0) is 43.3 Å². The number of primary amides is 1. The Kier molecular flexibility index (Phi) is 6.98. The fourth-order valence-corrected chi connectivity index (χ4v) is 4.60. The van der Waals surface area contributed by atoms with Crippen molar-refractivity contribution in [2.24, 2.45) is 5.73 Å². The van der Waals surface area contributed by atoms with Crippen molar-refractivity contribution in [1.29, 1.82) is 0 Å². The van der Waals surface area contributed by atoms with Crippen LogP contribution < -0.4 is 20.7 Å². The molecule has 14 heteroatoms. The SMILES string of the molecule is CNC(=O)C1=CC(NS(=O)(=O)c2ccc(C(N)=O)cn2)C(C)N(c2cccc(C(F)(F)F)c2)C1=[16O]. The summed E-state index contributed by atoms with van der Waals surface area (Å²) in [6, 6.07) is 3.81. The number of rotatable bonds is 6. The van der Waals surface area contributed by atoms with Gasteiger partial charge in [0.05, 0.1) is 23.2 Å². The first-order chi connectivity index (χ1) is 16.3. The highest BCUT2D eigenvalue weighted by molar-refractivity contribution is 7.89. The Morgan fingerprint density at radius 1 is 1.17 bits per heavy atom. The predicted molar refractivity (Wildman–Crippen MR) is 117 cm³/mol. The van der Waals surface area contributed by atoms with Gasteiger partial charge in [0.25, 0.3) is 21.8 Å². The minimum atomic E-state index is -4.69. The summed E-state index contributed by atoms with van der Waals surface area (Å²) in [5, 5.41) is 1.77. The lowest BCUT2D eigenvalue weighted by atomic mass is 9.97. The summed E-state index contributed by atoms with van der Waals surface area (Å²) in [4.78, 5) is 41.2. The molecule has 1 aliphatic heterocycles. The summed E-state index contributed by atoms with van der Waals surface area (Å²) in [7, 11) is -3.11. The molecule has 2 atom stereocenters. The lowest BCUT2D eigenvalue weighted by Gasteiger charge is -2.38. The summed E-state index contributed by atoms with van der Waals surface area (Å²) >= 11 is 0. The van der Waals surface area contributed by atoms with Gasteiger partial charge < -0.3 is 16.0 Å². The highest BCUT2D eigenvalue weighted by Crippen LogP contribution is 2.34. The Morgan fingerprint density at radius 2 is 1.86 bits per heavy atom. The second kappa shape index (κ2) is 9.46. The zero-order valence-electron chi connectivity index (χ0n) is 18.3. The molecule has 3 amide bonds. The normalized spacial score (nSPS) is 18.7. The Labute approximate surface area is 198 Å². The number of carbonyl (C=O) groups excluding carboxylic acids is 3. The van der Waals surface area contributed by atoms with Crippen molar-refractivity contribution in [3.8, 4) is 0 Å². The molecule has 0 fully saturated rings. The molecule has 186 valence electrons. The number of aromatic nitrogens is 1. The van der Waals surface area contributed by atoms with Crippen molar-refractivity contribution in [3.05, 3.63) is 65.4 Å². The van der Waals surface area contributed by atoms with E-state index in [0.29, 0.717) is 0 Å². The van der Waals surface area contributed by atoms with Gasteiger partial charge in [-0.3, -0.25) is 14.4 Å². The average molecular weight is 511 g/mol. The molecule has 0 saturated carbocycles. The maximum Gasteiger partial charge on any atom is 0.416 e. The summed E-state index contributed by atoms with van der Waals surface area (Å²) in [5.74, 6) is -2.58. The van der Waals surface area contributed by atoms with E-state index in [0.717, 1.165) is 47.5 Å². The fourth-order valence-electron chi connectivity index (χ4n) is 3.41. The number of likely N-dealkylation sites (N-methyl/N-ethyl adjacent to an activating group) is 1. The van der Waals surface area contributed by atoms with Gasteiger partial charge in [-0.1, -0.05) is 6.07 Å². The molecule has 2 heterocycles. The summed E-state index contributed by atoms with van der Waals surface area (Å²) < 4.78 is 67.9. The Balaban J connectivity index is 2.04. The maximum atomic E-state index is 13.2. The van der Waals surface area contributed by atoms with E-state index in [9.17, 15) is 36.0 Å². The monoisotopic (exact) mass is 511 g/mol. The van der Waals surface area contributed by atoms with E-state index in [1.165, 1.54) is 20.0 Å². The van der Waals surface area contributed by atoms with E-state index in [2.05, 4.69) is 15.0 Å². The number of halogens is 3. The number of benzene rings is 1. The van der Waals surface area contributed by atoms with E-state index < -0.39 is 62.2 Å². The lowest BCUT2D eigenvalue weighted by Crippen LogP contribution is -2.56. The first-order valence-electron chi connectivity index (χ1n) is 9.99. The van der Waals surface area contributed by atoms with Gasteiger partial charge in [0.2, 0.25) is 5.91 Å². The number of sulfonamides is 1. The zero-order chi connectivity index (χ0) is 26.1. The number of amides is 3. The topological polar surface area (TPSA) is 152 Å². The second-order valence-corrected chi connectivity index (χ2v) is 9.18. The first-order valence-corrected chi connectivity index (χ1v) is 11.5. The Bertz CT molecular complexity index is 1310. The van der Waals surface area contributed by atoms with E-state index in [-0.39, 0.29) is 11.3 Å². The van der Waals surface area contributed by atoms with Crippen molar-refractivity contribution < 1.29 is 36.0 Å². The van der Waals surface area contributed by atoms with Crippen LogP contribution in [0, 0.1) is 0 Å². The van der Waals surface area contributed by atoms with Crippen LogP contribution in [-0.2, 0) is 25.8 Å². The van der Waals surface area contributed by atoms with Crippen molar-refractivity contribution in [2.45, 2.75) is 30.2 Å². The van der Waals surface area contributed by atoms with E-state index in [1.807, 2.05) is 0 Å². The molecule has 0 spiro atoms. The summed E-state index contributed by atoms with van der Waals surface area (Å²) in [6.07, 6.45) is -2.64. The summed E-state index contributed by atoms with van der Waals surface area (Å²) in [5.41, 5.74) is 3.42. The smallest absolute Gasteiger partial charge is 0.366 e. The Morgan fingerprint density at radius 3 is 2.40 bits per heavy atom.